The van der Waals surface area contributed by atoms with E-state index in [1.807, 2.05) is 12.1 Å². The molecule has 3 heterocycles. The molecule has 0 saturated heterocycles. The fourth-order valence-electron chi connectivity index (χ4n) is 4.34. The zero-order valence-corrected chi connectivity index (χ0v) is 18.2. The zero-order valence-electron chi connectivity index (χ0n) is 17.4. The number of nitrogens with zero attached hydrogens (tertiary/aromatic N) is 4. The van der Waals surface area contributed by atoms with Crippen LogP contribution in [0.15, 0.2) is 48.9 Å². The Bertz CT molecular complexity index is 1310. The quantitative estimate of drug-likeness (QED) is 0.375. The lowest BCUT2D eigenvalue weighted by Crippen LogP contribution is -2.34. The fourth-order valence-corrected chi connectivity index (χ4v) is 4.51. The smallest absolute Gasteiger partial charge is 0.382 e. The highest BCUT2D eigenvalue weighted by molar-refractivity contribution is 6.31. The summed E-state index contributed by atoms with van der Waals surface area (Å²) in [5.41, 5.74) is 0.324. The van der Waals surface area contributed by atoms with Gasteiger partial charge in [0.1, 0.15) is 17.8 Å². The van der Waals surface area contributed by atoms with Crippen molar-refractivity contribution in [1.29, 1.82) is 0 Å². The number of rotatable bonds is 4. The summed E-state index contributed by atoms with van der Waals surface area (Å²) in [4.78, 5) is 16.6. The molecule has 0 aliphatic heterocycles. The third kappa shape index (κ3) is 4.64. The van der Waals surface area contributed by atoms with Gasteiger partial charge in [0, 0.05) is 34.4 Å². The molecule has 1 fully saturated rings. The molecule has 1 aliphatic carbocycles. The van der Waals surface area contributed by atoms with E-state index in [2.05, 4.69) is 30.6 Å². The largest absolute Gasteiger partial charge is 0.433 e. The van der Waals surface area contributed by atoms with Crippen LogP contribution in [0.4, 0.5) is 24.7 Å². The molecule has 1 aromatic carbocycles. The predicted octanol–water partition coefficient (Wildman–Crippen LogP) is 6.08. The minimum Gasteiger partial charge on any atom is -0.382 e. The molecule has 10 heteroatoms. The lowest BCUT2D eigenvalue weighted by Gasteiger charge is -2.32. The lowest BCUT2D eigenvalue weighted by atomic mass is 9.90. The van der Waals surface area contributed by atoms with Crippen molar-refractivity contribution < 1.29 is 13.2 Å². The Hall–Kier alpha value is -3.20. The van der Waals surface area contributed by atoms with Crippen LogP contribution in [0.2, 0.25) is 5.02 Å². The number of nitrogens with one attached hydrogen (secondary N) is 2. The number of pyridine rings is 2. The summed E-state index contributed by atoms with van der Waals surface area (Å²) in [6.45, 7) is 0. The first-order chi connectivity index (χ1) is 15.9. The highest BCUT2D eigenvalue weighted by atomic mass is 35.5. The number of alkyl halides is 3. The molecule has 0 amide bonds. The van der Waals surface area contributed by atoms with Gasteiger partial charge < -0.3 is 10.6 Å². The fraction of sp³-hybridized carbons (Fsp3) is 0.304. The van der Waals surface area contributed by atoms with Crippen molar-refractivity contribution in [3.8, 4) is 0 Å². The van der Waals surface area contributed by atoms with Crippen LogP contribution in [0.25, 0.3) is 21.9 Å². The number of halogens is 4. The topological polar surface area (TPSA) is 75.6 Å². The van der Waals surface area contributed by atoms with Gasteiger partial charge in [-0.15, -0.1) is 0 Å². The van der Waals surface area contributed by atoms with Crippen molar-refractivity contribution in [2.24, 2.45) is 0 Å². The number of fused-ring (bicyclic) bond motifs is 2. The summed E-state index contributed by atoms with van der Waals surface area (Å²) in [7, 11) is 0. The van der Waals surface area contributed by atoms with Crippen LogP contribution in [0.5, 0.6) is 0 Å². The Balaban J connectivity index is 1.40. The summed E-state index contributed by atoms with van der Waals surface area (Å²) < 4.78 is 40.3. The van der Waals surface area contributed by atoms with Crippen molar-refractivity contribution in [2.45, 2.75) is 43.9 Å². The normalized spacial score (nSPS) is 19.0. The van der Waals surface area contributed by atoms with Gasteiger partial charge in [-0.2, -0.15) is 13.2 Å². The SMILES string of the molecule is FC(F)(F)c1cc(N[C@H]2CCC[C@@H](Nc3ncnc4ncccc34)C2)c2cc(Cl)ccc2n1. The summed E-state index contributed by atoms with van der Waals surface area (Å²) >= 11 is 6.12. The Kier molecular flexibility index (Phi) is 5.65. The maximum Gasteiger partial charge on any atom is 0.433 e. The highest BCUT2D eigenvalue weighted by Gasteiger charge is 2.34. The van der Waals surface area contributed by atoms with E-state index in [1.54, 1.807) is 18.3 Å². The van der Waals surface area contributed by atoms with Crippen LogP contribution in [0.3, 0.4) is 0 Å². The molecule has 0 bridgehead atoms. The first-order valence-electron chi connectivity index (χ1n) is 10.6. The molecule has 1 aliphatic rings. The van der Waals surface area contributed by atoms with Gasteiger partial charge in [0.15, 0.2) is 5.65 Å². The summed E-state index contributed by atoms with van der Waals surface area (Å²) in [6, 6.07) is 9.60. The van der Waals surface area contributed by atoms with Crippen LogP contribution >= 0.6 is 11.6 Å². The van der Waals surface area contributed by atoms with Gasteiger partial charge in [-0.25, -0.2) is 19.9 Å². The molecule has 6 nitrogen and oxygen atoms in total. The molecule has 170 valence electrons. The first kappa shape index (κ1) is 21.6. The highest BCUT2D eigenvalue weighted by Crippen LogP contribution is 2.35. The second-order valence-electron chi connectivity index (χ2n) is 8.16. The number of hydrogen-bond acceptors (Lipinski definition) is 6. The maximum atomic E-state index is 13.4. The Morgan fingerprint density at radius 3 is 2.58 bits per heavy atom. The Labute approximate surface area is 192 Å². The molecule has 0 unspecified atom stereocenters. The van der Waals surface area contributed by atoms with Crippen molar-refractivity contribution in [2.75, 3.05) is 10.6 Å². The number of benzene rings is 1. The van der Waals surface area contributed by atoms with Gasteiger partial charge in [-0.1, -0.05) is 11.6 Å². The molecule has 33 heavy (non-hydrogen) atoms. The van der Waals surface area contributed by atoms with Crippen molar-refractivity contribution >= 4 is 45.0 Å². The van der Waals surface area contributed by atoms with Crippen LogP contribution in [0, 0.1) is 0 Å². The van der Waals surface area contributed by atoms with Gasteiger partial charge in [0.25, 0.3) is 0 Å². The van der Waals surface area contributed by atoms with Crippen LogP contribution in [0.1, 0.15) is 31.4 Å². The Morgan fingerprint density at radius 2 is 1.76 bits per heavy atom. The molecule has 5 rings (SSSR count). The molecule has 1 saturated carbocycles. The Morgan fingerprint density at radius 1 is 0.939 bits per heavy atom. The van der Waals surface area contributed by atoms with E-state index >= 15 is 0 Å². The average Bonchev–Trinajstić information content (AvgIpc) is 2.79. The van der Waals surface area contributed by atoms with Gasteiger partial charge in [0.2, 0.25) is 0 Å². The molecule has 3 aromatic heterocycles. The molecule has 0 radical (unpaired) electrons. The summed E-state index contributed by atoms with van der Waals surface area (Å²) in [6.07, 6.45) is 2.03. The molecular formula is C23H20ClF3N6. The van der Waals surface area contributed by atoms with E-state index in [9.17, 15) is 13.2 Å². The van der Waals surface area contributed by atoms with Crippen molar-refractivity contribution in [1.82, 2.24) is 19.9 Å². The van der Waals surface area contributed by atoms with Crippen molar-refractivity contribution in [3.05, 3.63) is 59.6 Å². The van der Waals surface area contributed by atoms with Gasteiger partial charge in [-0.3, -0.25) is 0 Å². The van der Waals surface area contributed by atoms with E-state index in [0.717, 1.165) is 37.1 Å². The van der Waals surface area contributed by atoms with Gasteiger partial charge >= 0.3 is 6.18 Å². The summed E-state index contributed by atoms with van der Waals surface area (Å²) in [5.74, 6) is 0.708. The molecule has 0 spiro atoms. The zero-order chi connectivity index (χ0) is 23.0. The van der Waals surface area contributed by atoms with E-state index in [4.69, 9.17) is 11.6 Å². The maximum absolute atomic E-state index is 13.4. The molecular weight excluding hydrogens is 453 g/mol. The molecule has 2 N–H and O–H groups in total. The number of hydrogen-bond donors (Lipinski definition) is 2. The van der Waals surface area contributed by atoms with Crippen LogP contribution in [-0.2, 0) is 6.18 Å². The molecule has 4 aromatic rings. The van der Waals surface area contributed by atoms with Gasteiger partial charge in [-0.05, 0) is 62.1 Å². The standard InChI is InChI=1S/C23H20ClF3N6/c24-13-6-7-18-17(9-13)19(11-20(33-18)23(25,26)27)31-14-3-1-4-15(10-14)32-22-16-5-2-8-28-21(16)29-12-30-22/h2,5-9,11-12,14-15H,1,3-4,10H2,(H,31,33)(H,28,29,30,32)/t14-,15+/m0/s1. The van der Waals surface area contributed by atoms with Crippen LogP contribution in [-0.4, -0.2) is 32.0 Å². The van der Waals surface area contributed by atoms with E-state index in [-0.39, 0.29) is 17.6 Å². The second kappa shape index (κ2) is 8.62. The van der Waals surface area contributed by atoms with E-state index in [1.165, 1.54) is 12.4 Å². The monoisotopic (exact) mass is 472 g/mol. The van der Waals surface area contributed by atoms with Crippen LogP contribution < -0.4 is 10.6 Å². The third-order valence-corrected chi connectivity index (χ3v) is 6.08. The minimum absolute atomic E-state index is 0.0202. The number of anilines is 2. The number of aromatic nitrogens is 4. The minimum atomic E-state index is -4.54. The molecule has 2 atom stereocenters. The summed E-state index contributed by atoms with van der Waals surface area (Å²) in [5, 5.41) is 8.65. The van der Waals surface area contributed by atoms with Crippen molar-refractivity contribution in [3.63, 3.8) is 0 Å². The van der Waals surface area contributed by atoms with E-state index < -0.39 is 11.9 Å². The predicted molar refractivity (Wildman–Crippen MR) is 122 cm³/mol. The average molecular weight is 473 g/mol. The van der Waals surface area contributed by atoms with E-state index in [0.29, 0.717) is 27.6 Å². The lowest BCUT2D eigenvalue weighted by molar-refractivity contribution is -0.140. The second-order valence-corrected chi connectivity index (χ2v) is 8.60. The van der Waals surface area contributed by atoms with Gasteiger partial charge in [0.05, 0.1) is 10.9 Å². The first-order valence-corrected chi connectivity index (χ1v) is 11.0. The third-order valence-electron chi connectivity index (χ3n) is 5.84.